The number of esters is 1. The van der Waals surface area contributed by atoms with E-state index in [-0.39, 0.29) is 18.0 Å². The van der Waals surface area contributed by atoms with Crippen molar-refractivity contribution >= 4 is 17.6 Å². The van der Waals surface area contributed by atoms with Crippen LogP contribution in [0.25, 0.3) is 0 Å². The molecule has 0 unspecified atom stereocenters. The maximum Gasteiger partial charge on any atom is 0.340 e. The summed E-state index contributed by atoms with van der Waals surface area (Å²) in [6.07, 6.45) is 0. The Balaban J connectivity index is 2.73. The second kappa shape index (κ2) is 6.00. The average Bonchev–Trinajstić information content (AvgIpc) is 2.34. The highest BCUT2D eigenvalue weighted by Gasteiger charge is 2.12. The Morgan fingerprint density at radius 1 is 1.39 bits per heavy atom. The molecule has 0 aliphatic carbocycles. The van der Waals surface area contributed by atoms with E-state index in [2.05, 4.69) is 10.1 Å². The van der Waals surface area contributed by atoms with Crippen LogP contribution in [-0.2, 0) is 9.53 Å². The molecule has 6 heteroatoms. The van der Waals surface area contributed by atoms with Gasteiger partial charge >= 0.3 is 5.97 Å². The van der Waals surface area contributed by atoms with Crippen molar-refractivity contribution in [1.29, 1.82) is 0 Å². The van der Waals surface area contributed by atoms with Crippen LogP contribution in [0, 0.1) is 5.82 Å². The summed E-state index contributed by atoms with van der Waals surface area (Å²) in [7, 11) is 4.44. The van der Waals surface area contributed by atoms with Gasteiger partial charge in [0.05, 0.1) is 19.2 Å². The minimum absolute atomic E-state index is 0.0595. The summed E-state index contributed by atoms with van der Waals surface area (Å²) in [6, 6.07) is 3.97. The van der Waals surface area contributed by atoms with E-state index in [0.717, 1.165) is 6.07 Å². The second-order valence-electron chi connectivity index (χ2n) is 3.83. The van der Waals surface area contributed by atoms with Crippen molar-refractivity contribution < 1.29 is 18.7 Å². The molecule has 18 heavy (non-hydrogen) atoms. The molecule has 98 valence electrons. The first-order valence-corrected chi connectivity index (χ1v) is 5.27. The van der Waals surface area contributed by atoms with Gasteiger partial charge in [0.15, 0.2) is 0 Å². The number of nitrogens with one attached hydrogen (secondary N) is 1. The third-order valence-electron chi connectivity index (χ3n) is 2.32. The molecule has 0 aliphatic heterocycles. The van der Waals surface area contributed by atoms with E-state index in [1.54, 1.807) is 14.1 Å². The standard InChI is InChI=1S/C12H15FN2O3/c1-15(2)11(16)7-14-8-4-5-9(10(13)6-8)12(17)18-3/h4-6,14H,7H2,1-3H3. The van der Waals surface area contributed by atoms with Crippen LogP contribution in [0.1, 0.15) is 10.4 Å². The van der Waals surface area contributed by atoms with E-state index in [9.17, 15) is 14.0 Å². The zero-order chi connectivity index (χ0) is 13.7. The monoisotopic (exact) mass is 254 g/mol. The lowest BCUT2D eigenvalue weighted by atomic mass is 10.2. The number of carbonyl (C=O) groups excluding carboxylic acids is 2. The summed E-state index contributed by atoms with van der Waals surface area (Å²) in [4.78, 5) is 23.9. The highest BCUT2D eigenvalue weighted by Crippen LogP contribution is 2.15. The van der Waals surface area contributed by atoms with Gasteiger partial charge in [-0.15, -0.1) is 0 Å². The fraction of sp³-hybridized carbons (Fsp3) is 0.333. The Kier molecular flexibility index (Phi) is 4.65. The largest absolute Gasteiger partial charge is 0.465 e. The van der Waals surface area contributed by atoms with Gasteiger partial charge in [-0.3, -0.25) is 4.79 Å². The predicted molar refractivity (Wildman–Crippen MR) is 64.9 cm³/mol. The first kappa shape index (κ1) is 14.0. The van der Waals surface area contributed by atoms with Crippen molar-refractivity contribution in [3.8, 4) is 0 Å². The normalized spacial score (nSPS) is 9.78. The third kappa shape index (κ3) is 3.44. The highest BCUT2D eigenvalue weighted by atomic mass is 19.1. The Morgan fingerprint density at radius 2 is 2.06 bits per heavy atom. The first-order chi connectivity index (χ1) is 8.45. The van der Waals surface area contributed by atoms with E-state index in [0.29, 0.717) is 5.69 Å². The van der Waals surface area contributed by atoms with Gasteiger partial charge in [-0.2, -0.15) is 0 Å². The van der Waals surface area contributed by atoms with Crippen LogP contribution in [0.4, 0.5) is 10.1 Å². The number of ether oxygens (including phenoxy) is 1. The van der Waals surface area contributed by atoms with Crippen molar-refractivity contribution in [2.75, 3.05) is 33.1 Å². The summed E-state index contributed by atoms with van der Waals surface area (Å²) < 4.78 is 18.0. The first-order valence-electron chi connectivity index (χ1n) is 5.27. The lowest BCUT2D eigenvalue weighted by molar-refractivity contribution is -0.126. The molecule has 1 amide bonds. The van der Waals surface area contributed by atoms with Gasteiger partial charge in [-0.1, -0.05) is 0 Å². The van der Waals surface area contributed by atoms with E-state index in [1.165, 1.54) is 24.1 Å². The number of benzene rings is 1. The smallest absolute Gasteiger partial charge is 0.340 e. The van der Waals surface area contributed by atoms with Crippen LogP contribution in [-0.4, -0.2) is 44.5 Å². The maximum atomic E-state index is 13.5. The number of likely N-dealkylation sites (N-methyl/N-ethyl adjacent to an activating group) is 1. The summed E-state index contributed by atoms with van der Waals surface area (Å²) in [5, 5.41) is 2.77. The predicted octanol–water partition coefficient (Wildman–Crippen LogP) is 1.11. The summed E-state index contributed by atoms with van der Waals surface area (Å²) in [5.41, 5.74) is 0.289. The molecule has 1 N–H and O–H groups in total. The Morgan fingerprint density at radius 3 is 2.56 bits per heavy atom. The van der Waals surface area contributed by atoms with Crippen molar-refractivity contribution in [3.63, 3.8) is 0 Å². The van der Waals surface area contributed by atoms with E-state index in [4.69, 9.17) is 0 Å². The number of nitrogens with zero attached hydrogens (tertiary/aromatic N) is 1. The third-order valence-corrected chi connectivity index (χ3v) is 2.32. The van der Waals surface area contributed by atoms with Crippen molar-refractivity contribution in [1.82, 2.24) is 4.90 Å². The molecular formula is C12H15FN2O3. The zero-order valence-electron chi connectivity index (χ0n) is 10.5. The number of methoxy groups -OCH3 is 1. The second-order valence-corrected chi connectivity index (χ2v) is 3.83. The van der Waals surface area contributed by atoms with Crippen LogP contribution in [0.15, 0.2) is 18.2 Å². The fourth-order valence-corrected chi connectivity index (χ4v) is 1.24. The summed E-state index contributed by atoms with van der Waals surface area (Å²) >= 11 is 0. The zero-order valence-corrected chi connectivity index (χ0v) is 10.5. The molecule has 1 aromatic carbocycles. The van der Waals surface area contributed by atoms with Gasteiger partial charge in [0.25, 0.3) is 0 Å². The maximum absolute atomic E-state index is 13.5. The van der Waals surface area contributed by atoms with Gasteiger partial charge in [-0.25, -0.2) is 9.18 Å². The van der Waals surface area contributed by atoms with Gasteiger partial charge in [0.2, 0.25) is 5.91 Å². The molecule has 0 radical (unpaired) electrons. The SMILES string of the molecule is COC(=O)c1ccc(NCC(=O)N(C)C)cc1F. The van der Waals surface area contributed by atoms with Gasteiger partial charge < -0.3 is 15.0 Å². The molecular weight excluding hydrogens is 239 g/mol. The van der Waals surface area contributed by atoms with Crippen LogP contribution in [0.2, 0.25) is 0 Å². The van der Waals surface area contributed by atoms with Crippen LogP contribution >= 0.6 is 0 Å². The van der Waals surface area contributed by atoms with Crippen LogP contribution < -0.4 is 5.32 Å². The van der Waals surface area contributed by atoms with E-state index < -0.39 is 11.8 Å². The number of rotatable bonds is 4. The van der Waals surface area contributed by atoms with Crippen molar-refractivity contribution in [2.45, 2.75) is 0 Å². The quantitative estimate of drug-likeness (QED) is 0.818. The lowest BCUT2D eigenvalue weighted by Gasteiger charge is -2.12. The molecule has 0 heterocycles. The van der Waals surface area contributed by atoms with E-state index in [1.807, 2.05) is 0 Å². The molecule has 0 spiro atoms. The Bertz CT molecular complexity index is 461. The molecule has 0 aliphatic rings. The molecule has 1 aromatic rings. The van der Waals surface area contributed by atoms with Gasteiger partial charge in [-0.05, 0) is 18.2 Å². The number of hydrogen-bond acceptors (Lipinski definition) is 4. The fourth-order valence-electron chi connectivity index (χ4n) is 1.24. The van der Waals surface area contributed by atoms with Crippen LogP contribution in [0.3, 0.4) is 0 Å². The van der Waals surface area contributed by atoms with Crippen LogP contribution in [0.5, 0.6) is 0 Å². The Labute approximate surface area is 105 Å². The minimum Gasteiger partial charge on any atom is -0.465 e. The molecule has 0 fully saturated rings. The Hall–Kier alpha value is -2.11. The molecule has 1 rings (SSSR count). The number of anilines is 1. The number of halogens is 1. The minimum atomic E-state index is -0.733. The van der Waals surface area contributed by atoms with E-state index >= 15 is 0 Å². The molecule has 0 aromatic heterocycles. The van der Waals surface area contributed by atoms with Gasteiger partial charge in [0, 0.05) is 19.8 Å². The summed E-state index contributed by atoms with van der Waals surface area (Å²) in [6.45, 7) is 0.0595. The molecule has 0 saturated heterocycles. The number of amides is 1. The highest BCUT2D eigenvalue weighted by molar-refractivity contribution is 5.90. The number of hydrogen-bond donors (Lipinski definition) is 1. The molecule has 5 nitrogen and oxygen atoms in total. The lowest BCUT2D eigenvalue weighted by Crippen LogP contribution is -2.28. The molecule has 0 atom stereocenters. The van der Waals surface area contributed by atoms with Crippen molar-refractivity contribution in [3.05, 3.63) is 29.6 Å². The topological polar surface area (TPSA) is 58.6 Å². The average molecular weight is 254 g/mol. The van der Waals surface area contributed by atoms with Crippen molar-refractivity contribution in [2.24, 2.45) is 0 Å². The van der Waals surface area contributed by atoms with Gasteiger partial charge in [0.1, 0.15) is 5.82 Å². The number of carbonyl (C=O) groups is 2. The summed E-state index contributed by atoms with van der Waals surface area (Å²) in [5.74, 6) is -1.56. The molecule has 0 saturated carbocycles. The molecule has 0 bridgehead atoms.